The zero-order chi connectivity index (χ0) is 7.28. The van der Waals surface area contributed by atoms with E-state index < -0.39 is 0 Å². The Morgan fingerprint density at radius 2 is 2.33 bits per heavy atom. The SMILES string of the molecule is C=C(CCI)C(=O)OC. The molecule has 0 saturated carbocycles. The van der Waals surface area contributed by atoms with Gasteiger partial charge in [0.1, 0.15) is 0 Å². The number of esters is 1. The first-order chi connectivity index (χ1) is 4.22. The molecule has 0 bridgehead atoms. The molecule has 0 N–H and O–H groups in total. The van der Waals surface area contributed by atoms with E-state index in [1.54, 1.807) is 0 Å². The summed E-state index contributed by atoms with van der Waals surface area (Å²) in [6, 6.07) is 0. The summed E-state index contributed by atoms with van der Waals surface area (Å²) in [6.07, 6.45) is 0.716. The molecule has 9 heavy (non-hydrogen) atoms. The van der Waals surface area contributed by atoms with Crippen LogP contribution in [0.25, 0.3) is 0 Å². The van der Waals surface area contributed by atoms with Crippen molar-refractivity contribution in [2.24, 2.45) is 0 Å². The zero-order valence-corrected chi connectivity index (χ0v) is 7.47. The molecule has 0 unspecified atom stereocenters. The van der Waals surface area contributed by atoms with Crippen LogP contribution in [-0.2, 0) is 9.53 Å². The lowest BCUT2D eigenvalue weighted by atomic mass is 10.2. The molecule has 0 aromatic rings. The molecule has 0 radical (unpaired) electrons. The summed E-state index contributed by atoms with van der Waals surface area (Å²) in [4.78, 5) is 10.6. The Morgan fingerprint density at radius 1 is 1.78 bits per heavy atom. The number of hydrogen-bond acceptors (Lipinski definition) is 2. The van der Waals surface area contributed by atoms with Crippen LogP contribution < -0.4 is 0 Å². The lowest BCUT2D eigenvalue weighted by molar-refractivity contribution is -0.136. The zero-order valence-electron chi connectivity index (χ0n) is 5.32. The second kappa shape index (κ2) is 4.78. The number of carbonyl (C=O) groups is 1. The number of rotatable bonds is 3. The monoisotopic (exact) mass is 240 g/mol. The number of methoxy groups -OCH3 is 1. The van der Waals surface area contributed by atoms with Crippen LogP contribution in [0.3, 0.4) is 0 Å². The average molecular weight is 240 g/mol. The van der Waals surface area contributed by atoms with E-state index in [1.165, 1.54) is 7.11 Å². The molecule has 0 rings (SSSR count). The normalized spacial score (nSPS) is 8.67. The van der Waals surface area contributed by atoms with Crippen LogP contribution in [0.4, 0.5) is 0 Å². The topological polar surface area (TPSA) is 26.3 Å². The maximum absolute atomic E-state index is 10.6. The summed E-state index contributed by atoms with van der Waals surface area (Å²) in [5, 5.41) is 0. The number of carbonyl (C=O) groups excluding carboxylic acids is 1. The van der Waals surface area contributed by atoms with Gasteiger partial charge < -0.3 is 4.74 Å². The molecule has 0 aliphatic rings. The third kappa shape index (κ3) is 3.51. The molecule has 52 valence electrons. The quantitative estimate of drug-likeness (QED) is 0.323. The standard InChI is InChI=1S/C6H9IO2/c1-5(3-4-7)6(8)9-2/h1,3-4H2,2H3. The van der Waals surface area contributed by atoms with Gasteiger partial charge in [-0.2, -0.15) is 0 Å². The Morgan fingerprint density at radius 3 is 2.67 bits per heavy atom. The smallest absolute Gasteiger partial charge is 0.333 e. The molecule has 0 aromatic carbocycles. The van der Waals surface area contributed by atoms with E-state index in [0.29, 0.717) is 12.0 Å². The van der Waals surface area contributed by atoms with E-state index in [9.17, 15) is 4.79 Å². The van der Waals surface area contributed by atoms with Crippen molar-refractivity contribution in [2.45, 2.75) is 6.42 Å². The van der Waals surface area contributed by atoms with Crippen LogP contribution in [0.5, 0.6) is 0 Å². The summed E-state index contributed by atoms with van der Waals surface area (Å²) in [7, 11) is 1.36. The maximum Gasteiger partial charge on any atom is 0.333 e. The van der Waals surface area contributed by atoms with E-state index in [-0.39, 0.29) is 5.97 Å². The van der Waals surface area contributed by atoms with Crippen LogP contribution in [0.15, 0.2) is 12.2 Å². The summed E-state index contributed by atoms with van der Waals surface area (Å²) in [5.41, 5.74) is 0.548. The average Bonchev–Trinajstić information content (AvgIpc) is 1.87. The first-order valence-corrected chi connectivity index (χ1v) is 4.07. The van der Waals surface area contributed by atoms with E-state index in [2.05, 4.69) is 33.9 Å². The van der Waals surface area contributed by atoms with Crippen LogP contribution in [0, 0.1) is 0 Å². The largest absolute Gasteiger partial charge is 0.466 e. The van der Waals surface area contributed by atoms with Crippen molar-refractivity contribution in [2.75, 3.05) is 11.5 Å². The van der Waals surface area contributed by atoms with Crippen LogP contribution in [0.1, 0.15) is 6.42 Å². The van der Waals surface area contributed by atoms with Gasteiger partial charge in [0.25, 0.3) is 0 Å². The van der Waals surface area contributed by atoms with Gasteiger partial charge in [-0.1, -0.05) is 29.2 Å². The third-order valence-electron chi connectivity index (χ3n) is 0.870. The van der Waals surface area contributed by atoms with Crippen LogP contribution in [0.2, 0.25) is 0 Å². The molecule has 0 aromatic heterocycles. The predicted octanol–water partition coefficient (Wildman–Crippen LogP) is 1.54. The molecule has 0 saturated heterocycles. The fraction of sp³-hybridized carbons (Fsp3) is 0.500. The lowest BCUT2D eigenvalue weighted by Gasteiger charge is -1.98. The van der Waals surface area contributed by atoms with E-state index >= 15 is 0 Å². The third-order valence-corrected chi connectivity index (χ3v) is 1.41. The molecule has 0 spiro atoms. The number of ether oxygens (including phenoxy) is 1. The van der Waals surface area contributed by atoms with Crippen molar-refractivity contribution in [1.29, 1.82) is 0 Å². The second-order valence-corrected chi connectivity index (χ2v) is 2.61. The summed E-state index contributed by atoms with van der Waals surface area (Å²) in [5.74, 6) is -0.299. The van der Waals surface area contributed by atoms with Crippen molar-refractivity contribution in [3.05, 3.63) is 12.2 Å². The van der Waals surface area contributed by atoms with Crippen molar-refractivity contribution in [1.82, 2.24) is 0 Å². The molecular formula is C6H9IO2. The van der Waals surface area contributed by atoms with Gasteiger partial charge in [-0.15, -0.1) is 0 Å². The first kappa shape index (κ1) is 8.94. The first-order valence-electron chi connectivity index (χ1n) is 2.54. The van der Waals surface area contributed by atoms with Crippen LogP contribution >= 0.6 is 22.6 Å². The minimum atomic E-state index is -0.299. The van der Waals surface area contributed by atoms with Crippen molar-refractivity contribution >= 4 is 28.6 Å². The van der Waals surface area contributed by atoms with Crippen molar-refractivity contribution in [3.8, 4) is 0 Å². The van der Waals surface area contributed by atoms with Gasteiger partial charge in [0.2, 0.25) is 0 Å². The Labute approximate surface area is 68.4 Å². The minimum Gasteiger partial charge on any atom is -0.466 e. The van der Waals surface area contributed by atoms with Crippen molar-refractivity contribution in [3.63, 3.8) is 0 Å². The molecular weight excluding hydrogens is 231 g/mol. The van der Waals surface area contributed by atoms with Gasteiger partial charge in [0.15, 0.2) is 0 Å². The number of hydrogen-bond donors (Lipinski definition) is 0. The van der Waals surface area contributed by atoms with Crippen LogP contribution in [-0.4, -0.2) is 17.5 Å². The molecule has 3 heteroatoms. The summed E-state index contributed by atoms with van der Waals surface area (Å²) >= 11 is 2.18. The van der Waals surface area contributed by atoms with E-state index in [0.717, 1.165) is 4.43 Å². The predicted molar refractivity (Wildman–Crippen MR) is 44.7 cm³/mol. The number of halogens is 1. The maximum atomic E-state index is 10.6. The fourth-order valence-corrected chi connectivity index (χ4v) is 1.01. The molecule has 0 fully saturated rings. The van der Waals surface area contributed by atoms with Gasteiger partial charge in [-0.05, 0) is 6.42 Å². The van der Waals surface area contributed by atoms with Gasteiger partial charge in [0.05, 0.1) is 7.11 Å². The second-order valence-electron chi connectivity index (χ2n) is 1.53. The Bertz CT molecular complexity index is 120. The highest BCUT2D eigenvalue weighted by molar-refractivity contribution is 14.1. The molecule has 0 aliphatic heterocycles. The Hall–Kier alpha value is -0.0600. The summed E-state index contributed by atoms with van der Waals surface area (Å²) < 4.78 is 5.33. The van der Waals surface area contributed by atoms with E-state index in [4.69, 9.17) is 0 Å². The minimum absolute atomic E-state index is 0.299. The summed E-state index contributed by atoms with van der Waals surface area (Å²) in [6.45, 7) is 3.54. The van der Waals surface area contributed by atoms with E-state index in [1.807, 2.05) is 0 Å². The highest BCUT2D eigenvalue weighted by Crippen LogP contribution is 2.02. The molecule has 0 atom stereocenters. The molecule has 0 heterocycles. The van der Waals surface area contributed by atoms with Gasteiger partial charge in [-0.3, -0.25) is 0 Å². The number of alkyl halides is 1. The Kier molecular flexibility index (Phi) is 4.75. The highest BCUT2D eigenvalue weighted by Gasteiger charge is 2.03. The van der Waals surface area contributed by atoms with Crippen molar-refractivity contribution < 1.29 is 9.53 Å². The molecule has 0 amide bonds. The highest BCUT2D eigenvalue weighted by atomic mass is 127. The molecule has 0 aliphatic carbocycles. The lowest BCUT2D eigenvalue weighted by Crippen LogP contribution is -2.03. The fourth-order valence-electron chi connectivity index (χ4n) is 0.360. The Balaban J connectivity index is 3.60. The van der Waals surface area contributed by atoms with Gasteiger partial charge in [0, 0.05) is 10.0 Å². The van der Waals surface area contributed by atoms with Gasteiger partial charge in [-0.25, -0.2) is 4.79 Å². The van der Waals surface area contributed by atoms with Gasteiger partial charge >= 0.3 is 5.97 Å². The molecule has 2 nitrogen and oxygen atoms in total.